The van der Waals surface area contributed by atoms with Gasteiger partial charge in [-0.3, -0.25) is 10.1 Å². The van der Waals surface area contributed by atoms with Crippen LogP contribution in [0.3, 0.4) is 0 Å². The van der Waals surface area contributed by atoms with Gasteiger partial charge in [-0.15, -0.1) is 0 Å². The van der Waals surface area contributed by atoms with Crippen LogP contribution in [-0.2, 0) is 4.79 Å². The van der Waals surface area contributed by atoms with Crippen molar-refractivity contribution in [1.82, 2.24) is 10.6 Å². The van der Waals surface area contributed by atoms with E-state index < -0.39 is 6.03 Å². The third-order valence-electron chi connectivity index (χ3n) is 2.51. The zero-order valence-corrected chi connectivity index (χ0v) is 10.9. The second-order valence-corrected chi connectivity index (χ2v) is 4.26. The minimum Gasteiger partial charge on any atom is -0.376 e. The van der Waals surface area contributed by atoms with Crippen LogP contribution in [-0.4, -0.2) is 25.5 Å². The van der Waals surface area contributed by atoms with Crippen molar-refractivity contribution in [2.45, 2.75) is 19.8 Å². The molecule has 0 unspecified atom stereocenters. The van der Waals surface area contributed by atoms with Crippen LogP contribution in [0.4, 0.5) is 10.5 Å². The maximum absolute atomic E-state index is 11.3. The van der Waals surface area contributed by atoms with Gasteiger partial charge in [-0.1, -0.05) is 26.0 Å². The monoisotopic (exact) mass is 249 g/mol. The molecule has 18 heavy (non-hydrogen) atoms. The van der Waals surface area contributed by atoms with Gasteiger partial charge in [-0.2, -0.15) is 0 Å². The summed E-state index contributed by atoms with van der Waals surface area (Å²) in [6.45, 7) is 4.31. The largest absolute Gasteiger partial charge is 0.376 e. The predicted octanol–water partition coefficient (Wildman–Crippen LogP) is 1.68. The zero-order chi connectivity index (χ0) is 13.5. The number of hydrogen-bond donors (Lipinski definition) is 3. The Morgan fingerprint density at radius 3 is 2.28 bits per heavy atom. The summed E-state index contributed by atoms with van der Waals surface area (Å²) in [6.07, 6.45) is 0. The molecule has 0 aromatic heterocycles. The molecule has 0 aliphatic carbocycles. The van der Waals surface area contributed by atoms with Crippen molar-refractivity contribution in [3.05, 3.63) is 29.8 Å². The molecule has 3 amide bonds. The lowest BCUT2D eigenvalue weighted by Gasteiger charge is -2.09. The van der Waals surface area contributed by atoms with Crippen LogP contribution in [0.25, 0.3) is 0 Å². The number of anilines is 1. The van der Waals surface area contributed by atoms with Crippen LogP contribution < -0.4 is 16.0 Å². The third kappa shape index (κ3) is 4.45. The quantitative estimate of drug-likeness (QED) is 0.760. The molecule has 0 aliphatic heterocycles. The van der Waals surface area contributed by atoms with E-state index in [0.29, 0.717) is 5.92 Å². The Balaban J connectivity index is 2.44. The molecule has 0 radical (unpaired) electrons. The molecule has 5 nitrogen and oxygen atoms in total. The second-order valence-electron chi connectivity index (χ2n) is 4.26. The van der Waals surface area contributed by atoms with E-state index >= 15 is 0 Å². The molecule has 1 aromatic rings. The number of imide groups is 1. The Morgan fingerprint density at radius 2 is 1.78 bits per heavy atom. The first-order chi connectivity index (χ1) is 8.52. The van der Waals surface area contributed by atoms with Crippen LogP contribution in [0.15, 0.2) is 24.3 Å². The number of hydrogen-bond acceptors (Lipinski definition) is 3. The highest BCUT2D eigenvalue weighted by atomic mass is 16.2. The van der Waals surface area contributed by atoms with E-state index in [4.69, 9.17) is 0 Å². The summed E-state index contributed by atoms with van der Waals surface area (Å²) in [5, 5.41) is 7.44. The summed E-state index contributed by atoms with van der Waals surface area (Å²) in [5.41, 5.74) is 2.10. The van der Waals surface area contributed by atoms with Crippen LogP contribution >= 0.6 is 0 Å². The lowest BCUT2D eigenvalue weighted by atomic mass is 10.0. The second kappa shape index (κ2) is 6.64. The minimum atomic E-state index is -0.503. The van der Waals surface area contributed by atoms with E-state index in [1.54, 1.807) is 0 Å². The summed E-state index contributed by atoms with van der Waals surface area (Å²) in [6, 6.07) is 7.37. The van der Waals surface area contributed by atoms with Crippen LogP contribution in [0.1, 0.15) is 25.3 Å². The molecule has 0 spiro atoms. The van der Waals surface area contributed by atoms with Crippen molar-refractivity contribution in [3.63, 3.8) is 0 Å². The lowest BCUT2D eigenvalue weighted by molar-refractivity contribution is -0.118. The van der Waals surface area contributed by atoms with Gasteiger partial charge in [-0.05, 0) is 23.6 Å². The molecule has 3 N–H and O–H groups in total. The average molecular weight is 249 g/mol. The van der Waals surface area contributed by atoms with E-state index in [2.05, 4.69) is 29.8 Å². The number of benzene rings is 1. The summed E-state index contributed by atoms with van der Waals surface area (Å²) < 4.78 is 0. The highest BCUT2D eigenvalue weighted by Crippen LogP contribution is 2.16. The van der Waals surface area contributed by atoms with Gasteiger partial charge in [-0.25, -0.2) is 4.79 Å². The number of nitrogens with one attached hydrogen (secondary N) is 3. The highest BCUT2D eigenvalue weighted by Gasteiger charge is 2.05. The Hall–Kier alpha value is -2.04. The van der Waals surface area contributed by atoms with Crippen molar-refractivity contribution >= 4 is 17.6 Å². The Labute approximate surface area is 107 Å². The van der Waals surface area contributed by atoms with Gasteiger partial charge in [0, 0.05) is 12.7 Å². The maximum atomic E-state index is 11.3. The van der Waals surface area contributed by atoms with Gasteiger partial charge in [0.2, 0.25) is 5.91 Å². The van der Waals surface area contributed by atoms with Gasteiger partial charge < -0.3 is 10.6 Å². The third-order valence-corrected chi connectivity index (χ3v) is 2.51. The Morgan fingerprint density at radius 1 is 1.17 bits per heavy atom. The zero-order valence-electron chi connectivity index (χ0n) is 10.9. The first kappa shape index (κ1) is 14.0. The summed E-state index contributed by atoms with van der Waals surface area (Å²) in [7, 11) is 1.46. The molecule has 0 fully saturated rings. The smallest absolute Gasteiger partial charge is 0.321 e. The lowest BCUT2D eigenvalue weighted by Crippen LogP contribution is -2.40. The number of carbonyl (C=O) groups is 2. The molecular weight excluding hydrogens is 230 g/mol. The molecule has 1 rings (SSSR count). The summed E-state index contributed by atoms with van der Waals surface area (Å²) in [5.74, 6) is 0.109. The topological polar surface area (TPSA) is 70.2 Å². The standard InChI is InChI=1S/C13H19N3O2/c1-9(2)10-4-6-11(7-5-10)15-8-12(17)16-13(18)14-3/h4-7,9,15H,8H2,1-3H3,(H2,14,16,17,18). The number of urea groups is 1. The molecule has 0 saturated carbocycles. The SMILES string of the molecule is CNC(=O)NC(=O)CNc1ccc(C(C)C)cc1. The van der Waals surface area contributed by atoms with Crippen LogP contribution in [0.5, 0.6) is 0 Å². The van der Waals surface area contributed by atoms with Crippen LogP contribution in [0.2, 0.25) is 0 Å². The van der Waals surface area contributed by atoms with Gasteiger partial charge in [0.1, 0.15) is 0 Å². The Kier molecular flexibility index (Phi) is 5.17. The normalized spacial score (nSPS) is 10.0. The number of amides is 3. The molecule has 0 saturated heterocycles. The molecular formula is C13H19N3O2. The van der Waals surface area contributed by atoms with Crippen molar-refractivity contribution in [2.75, 3.05) is 18.9 Å². The minimum absolute atomic E-state index is 0.0639. The highest BCUT2D eigenvalue weighted by molar-refractivity contribution is 5.96. The molecule has 0 aliphatic rings. The fourth-order valence-corrected chi connectivity index (χ4v) is 1.40. The van der Waals surface area contributed by atoms with Crippen LogP contribution in [0, 0.1) is 0 Å². The van der Waals surface area contributed by atoms with Crippen molar-refractivity contribution in [2.24, 2.45) is 0 Å². The molecule has 0 bridgehead atoms. The average Bonchev–Trinajstić information content (AvgIpc) is 2.36. The number of rotatable bonds is 4. The van der Waals surface area contributed by atoms with E-state index in [0.717, 1.165) is 5.69 Å². The van der Waals surface area contributed by atoms with Crippen molar-refractivity contribution in [3.8, 4) is 0 Å². The van der Waals surface area contributed by atoms with Crippen molar-refractivity contribution in [1.29, 1.82) is 0 Å². The van der Waals surface area contributed by atoms with Gasteiger partial charge >= 0.3 is 6.03 Å². The molecule has 5 heteroatoms. The fourth-order valence-electron chi connectivity index (χ4n) is 1.40. The molecule has 0 heterocycles. The molecule has 98 valence electrons. The number of carbonyl (C=O) groups excluding carboxylic acids is 2. The molecule has 0 atom stereocenters. The van der Waals surface area contributed by atoms with E-state index in [1.807, 2.05) is 24.3 Å². The first-order valence-electron chi connectivity index (χ1n) is 5.88. The van der Waals surface area contributed by atoms with Crippen molar-refractivity contribution < 1.29 is 9.59 Å². The summed E-state index contributed by atoms with van der Waals surface area (Å²) in [4.78, 5) is 22.2. The maximum Gasteiger partial charge on any atom is 0.321 e. The van der Waals surface area contributed by atoms with E-state index in [9.17, 15) is 9.59 Å². The van der Waals surface area contributed by atoms with Gasteiger partial charge in [0.05, 0.1) is 6.54 Å². The fraction of sp³-hybridized carbons (Fsp3) is 0.385. The van der Waals surface area contributed by atoms with E-state index in [1.165, 1.54) is 12.6 Å². The van der Waals surface area contributed by atoms with E-state index in [-0.39, 0.29) is 12.5 Å². The van der Waals surface area contributed by atoms with Gasteiger partial charge in [0.25, 0.3) is 0 Å². The summed E-state index contributed by atoms with van der Waals surface area (Å²) >= 11 is 0. The van der Waals surface area contributed by atoms with Gasteiger partial charge in [0.15, 0.2) is 0 Å². The Bertz CT molecular complexity index is 413. The first-order valence-corrected chi connectivity index (χ1v) is 5.88. The molecule has 1 aromatic carbocycles. The predicted molar refractivity (Wildman–Crippen MR) is 71.6 cm³/mol.